The van der Waals surface area contributed by atoms with Crippen molar-refractivity contribution in [1.29, 1.82) is 0 Å². The number of hydrogen-bond donors (Lipinski definition) is 0. The number of piperidine rings is 1. The fourth-order valence-corrected chi connectivity index (χ4v) is 3.68. The van der Waals surface area contributed by atoms with Crippen LogP contribution in [0.4, 0.5) is 0 Å². The quantitative estimate of drug-likeness (QED) is 0.832. The number of aromatic nitrogens is 2. The SMILES string of the molecule is CCCN1CCCC[C@H]1c1ccc(-n2c(C)ccc2C)nc1. The molecule has 0 radical (unpaired) electrons. The maximum absolute atomic E-state index is 4.75. The van der Waals surface area contributed by atoms with Gasteiger partial charge in [0.25, 0.3) is 0 Å². The molecule has 0 saturated carbocycles. The topological polar surface area (TPSA) is 21.1 Å². The van der Waals surface area contributed by atoms with Crippen LogP contribution in [0.5, 0.6) is 0 Å². The van der Waals surface area contributed by atoms with Gasteiger partial charge >= 0.3 is 0 Å². The first-order chi connectivity index (χ1) is 10.7. The number of nitrogens with zero attached hydrogens (tertiary/aromatic N) is 3. The van der Waals surface area contributed by atoms with E-state index in [1.807, 2.05) is 0 Å². The summed E-state index contributed by atoms with van der Waals surface area (Å²) < 4.78 is 2.22. The second kappa shape index (κ2) is 6.66. The Morgan fingerprint density at radius 1 is 1.09 bits per heavy atom. The molecule has 0 amide bonds. The van der Waals surface area contributed by atoms with Gasteiger partial charge in [0, 0.05) is 23.6 Å². The van der Waals surface area contributed by atoms with E-state index in [1.54, 1.807) is 0 Å². The Hall–Kier alpha value is -1.61. The van der Waals surface area contributed by atoms with Crippen molar-refractivity contribution in [3.05, 3.63) is 47.4 Å². The summed E-state index contributed by atoms with van der Waals surface area (Å²) in [4.78, 5) is 7.38. The minimum Gasteiger partial charge on any atom is -0.303 e. The van der Waals surface area contributed by atoms with Crippen LogP contribution in [0.15, 0.2) is 30.5 Å². The van der Waals surface area contributed by atoms with Gasteiger partial charge in [0.2, 0.25) is 0 Å². The molecule has 0 aliphatic carbocycles. The van der Waals surface area contributed by atoms with Crippen LogP contribution in [0.1, 0.15) is 55.6 Å². The molecule has 0 aromatic carbocycles. The highest BCUT2D eigenvalue weighted by atomic mass is 15.2. The van der Waals surface area contributed by atoms with Crippen LogP contribution in [0.3, 0.4) is 0 Å². The average Bonchev–Trinajstić information content (AvgIpc) is 2.87. The smallest absolute Gasteiger partial charge is 0.136 e. The fourth-order valence-electron chi connectivity index (χ4n) is 3.68. The lowest BCUT2D eigenvalue weighted by atomic mass is 9.96. The highest BCUT2D eigenvalue weighted by molar-refractivity contribution is 5.33. The Bertz CT molecular complexity index is 591. The largest absolute Gasteiger partial charge is 0.303 e. The first-order valence-electron chi connectivity index (χ1n) is 8.56. The van der Waals surface area contributed by atoms with Crippen molar-refractivity contribution < 1.29 is 0 Å². The third-order valence-corrected chi connectivity index (χ3v) is 4.78. The molecule has 0 unspecified atom stereocenters. The van der Waals surface area contributed by atoms with E-state index in [4.69, 9.17) is 4.98 Å². The summed E-state index contributed by atoms with van der Waals surface area (Å²) in [5, 5.41) is 0. The van der Waals surface area contributed by atoms with Crippen molar-refractivity contribution in [3.8, 4) is 5.82 Å². The summed E-state index contributed by atoms with van der Waals surface area (Å²) in [6.07, 6.45) is 7.26. The summed E-state index contributed by atoms with van der Waals surface area (Å²) in [6.45, 7) is 8.96. The summed E-state index contributed by atoms with van der Waals surface area (Å²) in [7, 11) is 0. The zero-order chi connectivity index (χ0) is 15.5. The van der Waals surface area contributed by atoms with Gasteiger partial charge in [0.05, 0.1) is 0 Å². The van der Waals surface area contributed by atoms with Gasteiger partial charge in [-0.25, -0.2) is 4.98 Å². The summed E-state index contributed by atoms with van der Waals surface area (Å²) in [5.74, 6) is 1.03. The molecule has 2 aromatic rings. The molecule has 2 aromatic heterocycles. The van der Waals surface area contributed by atoms with Crippen LogP contribution < -0.4 is 0 Å². The fraction of sp³-hybridized carbons (Fsp3) is 0.526. The Morgan fingerprint density at radius 3 is 2.50 bits per heavy atom. The Labute approximate surface area is 134 Å². The number of pyridine rings is 1. The van der Waals surface area contributed by atoms with Crippen molar-refractivity contribution in [2.24, 2.45) is 0 Å². The molecular formula is C19H27N3. The highest BCUT2D eigenvalue weighted by Crippen LogP contribution is 2.31. The van der Waals surface area contributed by atoms with Crippen molar-refractivity contribution in [2.45, 2.75) is 52.5 Å². The first-order valence-corrected chi connectivity index (χ1v) is 8.56. The predicted octanol–water partition coefficient (Wildman–Crippen LogP) is 4.43. The molecule has 3 rings (SSSR count). The van der Waals surface area contributed by atoms with Gasteiger partial charge < -0.3 is 4.57 Å². The molecule has 0 spiro atoms. The molecule has 1 saturated heterocycles. The van der Waals surface area contributed by atoms with Crippen LogP contribution >= 0.6 is 0 Å². The van der Waals surface area contributed by atoms with Crippen LogP contribution in [0.25, 0.3) is 5.82 Å². The molecule has 3 heterocycles. The van der Waals surface area contributed by atoms with Crippen molar-refractivity contribution in [3.63, 3.8) is 0 Å². The van der Waals surface area contributed by atoms with Gasteiger partial charge in [0.1, 0.15) is 5.82 Å². The van der Waals surface area contributed by atoms with Gasteiger partial charge in [-0.05, 0) is 70.0 Å². The molecule has 3 heteroatoms. The maximum Gasteiger partial charge on any atom is 0.136 e. The number of rotatable bonds is 4. The number of likely N-dealkylation sites (tertiary alicyclic amines) is 1. The zero-order valence-electron chi connectivity index (χ0n) is 14.0. The number of hydrogen-bond acceptors (Lipinski definition) is 2. The third kappa shape index (κ3) is 2.95. The Balaban J connectivity index is 1.84. The van der Waals surface area contributed by atoms with E-state index >= 15 is 0 Å². The zero-order valence-corrected chi connectivity index (χ0v) is 14.0. The standard InChI is InChI=1S/C19H27N3/c1-4-12-21-13-6-5-7-18(21)17-10-11-19(20-14-17)22-15(2)8-9-16(22)3/h8-11,14,18H,4-7,12-13H2,1-3H3/t18-/m0/s1. The van der Waals surface area contributed by atoms with Crippen LogP contribution in [-0.2, 0) is 0 Å². The predicted molar refractivity (Wildman–Crippen MR) is 91.5 cm³/mol. The van der Waals surface area contributed by atoms with Gasteiger partial charge in [0.15, 0.2) is 0 Å². The van der Waals surface area contributed by atoms with Crippen molar-refractivity contribution in [1.82, 2.24) is 14.5 Å². The minimum absolute atomic E-state index is 0.558. The van der Waals surface area contributed by atoms with E-state index < -0.39 is 0 Å². The third-order valence-electron chi connectivity index (χ3n) is 4.78. The molecule has 1 fully saturated rings. The summed E-state index contributed by atoms with van der Waals surface area (Å²) in [5.41, 5.74) is 3.85. The van der Waals surface area contributed by atoms with Crippen LogP contribution in [-0.4, -0.2) is 27.5 Å². The molecule has 1 aliphatic rings. The Kier molecular flexibility index (Phi) is 4.63. The highest BCUT2D eigenvalue weighted by Gasteiger charge is 2.23. The van der Waals surface area contributed by atoms with E-state index in [0.717, 1.165) is 5.82 Å². The van der Waals surface area contributed by atoms with E-state index in [1.165, 1.54) is 55.7 Å². The molecule has 22 heavy (non-hydrogen) atoms. The van der Waals surface area contributed by atoms with Gasteiger partial charge in [-0.1, -0.05) is 19.4 Å². The number of aryl methyl sites for hydroxylation is 2. The Morgan fingerprint density at radius 2 is 1.86 bits per heavy atom. The van der Waals surface area contributed by atoms with E-state index in [-0.39, 0.29) is 0 Å². The van der Waals surface area contributed by atoms with Crippen LogP contribution in [0, 0.1) is 13.8 Å². The molecule has 0 N–H and O–H groups in total. The molecule has 0 bridgehead atoms. The van der Waals surface area contributed by atoms with Crippen molar-refractivity contribution in [2.75, 3.05) is 13.1 Å². The maximum atomic E-state index is 4.75. The molecule has 1 atom stereocenters. The molecule has 3 nitrogen and oxygen atoms in total. The molecule has 1 aliphatic heterocycles. The second-order valence-corrected chi connectivity index (χ2v) is 6.45. The van der Waals surface area contributed by atoms with Gasteiger partial charge in [-0.2, -0.15) is 0 Å². The lowest BCUT2D eigenvalue weighted by Crippen LogP contribution is -2.34. The minimum atomic E-state index is 0.558. The molecule has 118 valence electrons. The lowest BCUT2D eigenvalue weighted by Gasteiger charge is -2.35. The normalized spacial score (nSPS) is 19.5. The van der Waals surface area contributed by atoms with Gasteiger partial charge in [-0.3, -0.25) is 4.90 Å². The summed E-state index contributed by atoms with van der Waals surface area (Å²) >= 11 is 0. The average molecular weight is 297 g/mol. The monoisotopic (exact) mass is 297 g/mol. The van der Waals surface area contributed by atoms with Gasteiger partial charge in [-0.15, -0.1) is 0 Å². The van der Waals surface area contributed by atoms with E-state index in [9.17, 15) is 0 Å². The van der Waals surface area contributed by atoms with Crippen molar-refractivity contribution >= 4 is 0 Å². The first kappa shape index (κ1) is 15.3. The second-order valence-electron chi connectivity index (χ2n) is 6.45. The lowest BCUT2D eigenvalue weighted by molar-refractivity contribution is 0.149. The van der Waals surface area contributed by atoms with E-state index in [2.05, 4.69) is 60.7 Å². The van der Waals surface area contributed by atoms with Crippen LogP contribution in [0.2, 0.25) is 0 Å². The molecular weight excluding hydrogens is 270 g/mol. The summed E-state index contributed by atoms with van der Waals surface area (Å²) in [6, 6.07) is 9.31. The van der Waals surface area contributed by atoms with E-state index in [0.29, 0.717) is 6.04 Å².